The van der Waals surface area contributed by atoms with E-state index in [1.807, 2.05) is 0 Å². The van der Waals surface area contributed by atoms with Crippen LogP contribution in [0.4, 0.5) is 14.6 Å². The molecule has 1 aromatic carbocycles. The predicted octanol–water partition coefficient (Wildman–Crippen LogP) is 4.01. The molecule has 3 atom stereocenters. The lowest BCUT2D eigenvalue weighted by Gasteiger charge is -2.16. The fourth-order valence-corrected chi connectivity index (χ4v) is 3.96. The van der Waals surface area contributed by atoms with Gasteiger partial charge in [0.25, 0.3) is 0 Å². The van der Waals surface area contributed by atoms with Crippen molar-refractivity contribution >= 4 is 23.1 Å². The molecule has 9 heteroatoms. The molecule has 0 saturated heterocycles. The molecule has 0 spiro atoms. The van der Waals surface area contributed by atoms with Crippen LogP contribution in [0.2, 0.25) is 0 Å². The zero-order valence-corrected chi connectivity index (χ0v) is 16.3. The van der Waals surface area contributed by atoms with Crippen LogP contribution in [0.15, 0.2) is 55.0 Å². The smallest absolute Gasteiger partial charge is 0.172 e. The number of hydrogen-bond acceptors (Lipinski definition) is 5. The summed E-state index contributed by atoms with van der Waals surface area (Å²) in [4.78, 5) is 8.27. The lowest BCUT2D eigenvalue weighted by Crippen LogP contribution is -2.32. The topological polar surface area (TPSA) is 68.3 Å². The fourth-order valence-electron chi connectivity index (χ4n) is 3.72. The number of ether oxygens (including phenoxy) is 2. The van der Waals surface area contributed by atoms with E-state index in [2.05, 4.69) is 20.6 Å². The van der Waals surface area contributed by atoms with Gasteiger partial charge in [-0.2, -0.15) is 0 Å². The van der Waals surface area contributed by atoms with Crippen LogP contribution in [-0.2, 0) is 0 Å². The van der Waals surface area contributed by atoms with Crippen molar-refractivity contribution in [1.82, 2.24) is 15.3 Å². The first-order valence-electron chi connectivity index (χ1n) is 9.32. The maximum absolute atomic E-state index is 14.2. The Kier molecular flexibility index (Phi) is 4.66. The maximum Gasteiger partial charge on any atom is 0.172 e. The summed E-state index contributed by atoms with van der Waals surface area (Å²) in [6, 6.07) is 9.14. The Morgan fingerprint density at radius 2 is 1.93 bits per heavy atom. The zero-order chi connectivity index (χ0) is 20.7. The van der Waals surface area contributed by atoms with Crippen molar-refractivity contribution in [1.29, 1.82) is 0 Å². The minimum Gasteiger partial charge on any atom is -0.490 e. The highest BCUT2D eigenvalue weighted by Gasteiger charge is 2.57. The second kappa shape index (κ2) is 7.49. The molecule has 152 valence electrons. The largest absolute Gasteiger partial charge is 0.490 e. The third-order valence-electron chi connectivity index (χ3n) is 5.16. The lowest BCUT2D eigenvalue weighted by atomic mass is 10.0. The van der Waals surface area contributed by atoms with E-state index in [4.69, 9.17) is 21.7 Å². The number of benzene rings is 1. The van der Waals surface area contributed by atoms with Crippen LogP contribution in [0, 0.1) is 17.6 Å². The number of hydrogen-bond donors (Lipinski definition) is 2. The lowest BCUT2D eigenvalue weighted by molar-refractivity contribution is 0.260. The minimum absolute atomic E-state index is 0.00491. The first-order valence-corrected chi connectivity index (χ1v) is 9.73. The van der Waals surface area contributed by atoms with Crippen molar-refractivity contribution in [3.8, 4) is 17.2 Å². The number of anilines is 1. The molecule has 0 amide bonds. The monoisotopic (exact) mass is 426 g/mol. The number of halogens is 2. The van der Waals surface area contributed by atoms with E-state index < -0.39 is 11.6 Å². The molecule has 0 unspecified atom stereocenters. The summed E-state index contributed by atoms with van der Waals surface area (Å²) in [7, 11) is 0. The number of aromatic nitrogens is 2. The van der Waals surface area contributed by atoms with Crippen LogP contribution in [0.25, 0.3) is 0 Å². The van der Waals surface area contributed by atoms with Crippen LogP contribution in [0.5, 0.6) is 17.2 Å². The Labute approximate surface area is 176 Å². The molecule has 30 heavy (non-hydrogen) atoms. The Morgan fingerprint density at radius 3 is 2.70 bits per heavy atom. The molecule has 1 aliphatic heterocycles. The van der Waals surface area contributed by atoms with Gasteiger partial charge in [0.05, 0.1) is 19.0 Å². The normalized spacial score (nSPS) is 20.9. The highest BCUT2D eigenvalue weighted by atomic mass is 32.1. The quantitative estimate of drug-likeness (QED) is 0.611. The first-order chi connectivity index (χ1) is 14.6. The van der Waals surface area contributed by atoms with E-state index in [0.717, 1.165) is 12.1 Å². The van der Waals surface area contributed by atoms with Crippen molar-refractivity contribution < 1.29 is 18.3 Å². The van der Waals surface area contributed by atoms with Gasteiger partial charge >= 0.3 is 0 Å². The van der Waals surface area contributed by atoms with Gasteiger partial charge in [-0.05, 0) is 48.6 Å². The van der Waals surface area contributed by atoms with Gasteiger partial charge in [0.1, 0.15) is 23.1 Å². The van der Waals surface area contributed by atoms with Gasteiger partial charge in [0.15, 0.2) is 16.7 Å². The van der Waals surface area contributed by atoms with Crippen LogP contribution >= 0.6 is 12.2 Å². The minimum atomic E-state index is -0.547. The summed E-state index contributed by atoms with van der Waals surface area (Å²) in [5, 5.41) is 6.50. The van der Waals surface area contributed by atoms with Crippen molar-refractivity contribution in [3.05, 3.63) is 72.2 Å². The van der Waals surface area contributed by atoms with Crippen molar-refractivity contribution in [2.24, 2.45) is 5.92 Å². The van der Waals surface area contributed by atoms with Crippen molar-refractivity contribution in [2.75, 3.05) is 11.9 Å². The Bertz CT molecular complexity index is 1100. The van der Waals surface area contributed by atoms with Crippen LogP contribution in [-0.4, -0.2) is 27.7 Å². The number of fused-ring (bicyclic) bond motifs is 3. The highest BCUT2D eigenvalue weighted by molar-refractivity contribution is 7.80. The van der Waals surface area contributed by atoms with Gasteiger partial charge in [-0.25, -0.2) is 13.8 Å². The molecule has 1 saturated carbocycles. The number of nitrogens with one attached hydrogen (secondary N) is 2. The van der Waals surface area contributed by atoms with Gasteiger partial charge < -0.3 is 20.1 Å². The number of pyridine rings is 2. The molecule has 1 aliphatic carbocycles. The molecule has 0 radical (unpaired) electrons. The van der Waals surface area contributed by atoms with Gasteiger partial charge in [-0.15, -0.1) is 0 Å². The molecule has 3 heterocycles. The molecule has 6 nitrogen and oxygen atoms in total. The third kappa shape index (κ3) is 3.52. The molecule has 2 N–H and O–H groups in total. The van der Waals surface area contributed by atoms with Crippen molar-refractivity contribution in [2.45, 2.75) is 12.0 Å². The fraction of sp³-hybridized carbons (Fsp3) is 0.190. The number of rotatable bonds is 4. The van der Waals surface area contributed by atoms with E-state index in [1.165, 1.54) is 0 Å². The second-order valence-electron chi connectivity index (χ2n) is 7.07. The van der Waals surface area contributed by atoms with Crippen LogP contribution in [0.3, 0.4) is 0 Å². The van der Waals surface area contributed by atoms with Gasteiger partial charge in [-0.3, -0.25) is 4.98 Å². The second-order valence-corrected chi connectivity index (χ2v) is 7.48. The maximum atomic E-state index is 14.2. The Hall–Kier alpha value is -3.33. The number of nitrogens with zero attached hydrogens (tertiary/aromatic N) is 2. The third-order valence-corrected chi connectivity index (χ3v) is 5.38. The summed E-state index contributed by atoms with van der Waals surface area (Å²) < 4.78 is 39.2. The van der Waals surface area contributed by atoms with E-state index in [-0.39, 0.29) is 29.2 Å². The average Bonchev–Trinajstić information content (AvgIpc) is 3.45. The van der Waals surface area contributed by atoms with Gasteiger partial charge in [-0.1, -0.05) is 0 Å². The Morgan fingerprint density at radius 1 is 1.10 bits per heavy atom. The van der Waals surface area contributed by atoms with E-state index in [1.54, 1.807) is 42.9 Å². The summed E-state index contributed by atoms with van der Waals surface area (Å²) in [5.74, 6) is 0.564. The van der Waals surface area contributed by atoms with Crippen LogP contribution < -0.4 is 20.1 Å². The summed E-state index contributed by atoms with van der Waals surface area (Å²) in [6.45, 7) is 0.316. The molecule has 2 aromatic heterocycles. The number of thiocarbonyl (C=S) groups is 1. The molecule has 3 aromatic rings. The van der Waals surface area contributed by atoms with Crippen molar-refractivity contribution in [3.63, 3.8) is 0 Å². The first kappa shape index (κ1) is 18.7. The highest BCUT2D eigenvalue weighted by Crippen LogP contribution is 2.55. The molecule has 0 bridgehead atoms. The molecule has 2 aliphatic rings. The molecule has 1 fully saturated rings. The van der Waals surface area contributed by atoms with E-state index in [9.17, 15) is 8.78 Å². The van der Waals surface area contributed by atoms with Gasteiger partial charge in [0.2, 0.25) is 0 Å². The summed E-state index contributed by atoms with van der Waals surface area (Å²) >= 11 is 5.36. The molecular formula is C21H16F2N4O2S. The standard InChI is InChI=1S/C21H16F2N4O2S/c22-14-4-5-15(23)20-18(14)17-13(10-28-20)19(17)27-21(30)26-16-6-3-12(9-25-16)29-11-2-1-7-24-8-11/h1-9,13,17,19H,10H2,(H2,25,26,27,30)/t13-,17+,19+/m0/s1. The summed E-state index contributed by atoms with van der Waals surface area (Å²) in [6.07, 6.45) is 4.84. The predicted molar refractivity (Wildman–Crippen MR) is 110 cm³/mol. The summed E-state index contributed by atoms with van der Waals surface area (Å²) in [5.41, 5.74) is 0.279. The van der Waals surface area contributed by atoms with E-state index >= 15 is 0 Å². The van der Waals surface area contributed by atoms with E-state index in [0.29, 0.717) is 29.0 Å². The molecular weight excluding hydrogens is 410 g/mol. The molecule has 5 rings (SSSR count). The average molecular weight is 426 g/mol. The SMILES string of the molecule is Fc1ccc(F)c2c1OC[C@@H]1[C@@H](NC(=S)Nc3ccc(Oc4cccnc4)cn3)[C@@H]21. The zero-order valence-electron chi connectivity index (χ0n) is 15.5. The Balaban J connectivity index is 1.21. The van der Waals surface area contributed by atoms with Crippen LogP contribution in [0.1, 0.15) is 11.5 Å². The van der Waals surface area contributed by atoms with Gasteiger partial charge in [0, 0.05) is 29.6 Å².